The highest BCUT2D eigenvalue weighted by Crippen LogP contribution is 2.29. The molecule has 0 aliphatic carbocycles. The van der Waals surface area contributed by atoms with Crippen LogP contribution in [0.5, 0.6) is 11.5 Å². The van der Waals surface area contributed by atoms with Gasteiger partial charge in [-0.05, 0) is 36.4 Å². The Labute approximate surface area is 183 Å². The Kier molecular flexibility index (Phi) is 5.90. The molecule has 4 aromatic rings. The summed E-state index contributed by atoms with van der Waals surface area (Å²) in [6.07, 6.45) is 1.76. The summed E-state index contributed by atoms with van der Waals surface area (Å²) in [6.45, 7) is 0.0393. The number of carbonyl (C=O) groups is 1. The van der Waals surface area contributed by atoms with E-state index >= 15 is 0 Å². The topological polar surface area (TPSA) is 91.4 Å². The number of anilines is 1. The van der Waals surface area contributed by atoms with Crippen molar-refractivity contribution in [2.24, 2.45) is 0 Å². The minimum atomic E-state index is -0.251. The first-order valence-electron chi connectivity index (χ1n) is 9.34. The lowest BCUT2D eigenvalue weighted by molar-refractivity contribution is -0.116. The summed E-state index contributed by atoms with van der Waals surface area (Å²) >= 11 is 6.04. The molecular formula is C22H19ClN4O4. The van der Waals surface area contributed by atoms with Gasteiger partial charge in [-0.25, -0.2) is 0 Å². The van der Waals surface area contributed by atoms with E-state index in [1.54, 1.807) is 60.3 Å². The van der Waals surface area contributed by atoms with Crippen LogP contribution in [0.2, 0.25) is 5.02 Å². The first-order chi connectivity index (χ1) is 15.1. The molecule has 0 saturated heterocycles. The molecule has 0 unspecified atom stereocenters. The molecule has 2 aromatic heterocycles. The van der Waals surface area contributed by atoms with Crippen molar-refractivity contribution >= 4 is 23.2 Å². The van der Waals surface area contributed by atoms with Crippen LogP contribution in [-0.2, 0) is 11.3 Å². The zero-order valence-corrected chi connectivity index (χ0v) is 17.6. The average Bonchev–Trinajstić information content (AvgIpc) is 3.43. The van der Waals surface area contributed by atoms with Gasteiger partial charge in [0.25, 0.3) is 5.89 Å². The molecule has 2 heterocycles. The molecule has 8 nitrogen and oxygen atoms in total. The summed E-state index contributed by atoms with van der Waals surface area (Å²) in [5.74, 6) is 1.60. The SMILES string of the molecule is COc1ccc(OC)c(NC(=O)Cn2cccc2-c2nc(-c3cccc(Cl)c3)no2)c1. The molecule has 0 fully saturated rings. The highest BCUT2D eigenvalue weighted by Gasteiger charge is 2.16. The van der Waals surface area contributed by atoms with Gasteiger partial charge in [0.1, 0.15) is 23.7 Å². The quantitative estimate of drug-likeness (QED) is 0.456. The van der Waals surface area contributed by atoms with Gasteiger partial charge >= 0.3 is 0 Å². The Morgan fingerprint density at radius 2 is 2.00 bits per heavy atom. The van der Waals surface area contributed by atoms with Crippen molar-refractivity contribution < 1.29 is 18.8 Å². The predicted molar refractivity (Wildman–Crippen MR) is 116 cm³/mol. The number of nitrogens with one attached hydrogen (secondary N) is 1. The predicted octanol–water partition coefficient (Wildman–Crippen LogP) is 4.51. The van der Waals surface area contributed by atoms with Crippen molar-refractivity contribution in [3.05, 3.63) is 65.8 Å². The molecule has 0 spiro atoms. The van der Waals surface area contributed by atoms with Gasteiger partial charge in [-0.1, -0.05) is 28.9 Å². The molecule has 0 aliphatic rings. The second-order valence-electron chi connectivity index (χ2n) is 6.57. The first kappa shape index (κ1) is 20.5. The number of halogens is 1. The van der Waals surface area contributed by atoms with Crippen molar-refractivity contribution in [2.75, 3.05) is 19.5 Å². The lowest BCUT2D eigenvalue weighted by atomic mass is 10.2. The summed E-state index contributed by atoms with van der Waals surface area (Å²) in [5.41, 5.74) is 1.87. The molecule has 158 valence electrons. The number of benzene rings is 2. The molecule has 0 atom stereocenters. The Morgan fingerprint density at radius 1 is 1.13 bits per heavy atom. The third-order valence-electron chi connectivity index (χ3n) is 4.55. The minimum Gasteiger partial charge on any atom is -0.497 e. The summed E-state index contributed by atoms with van der Waals surface area (Å²) < 4.78 is 17.7. The molecule has 2 aromatic carbocycles. The second-order valence-corrected chi connectivity index (χ2v) is 7.01. The van der Waals surface area contributed by atoms with Crippen molar-refractivity contribution in [2.45, 2.75) is 6.54 Å². The molecule has 0 radical (unpaired) electrons. The third kappa shape index (κ3) is 4.54. The van der Waals surface area contributed by atoms with Gasteiger partial charge in [0.05, 0.1) is 19.9 Å². The molecule has 9 heteroatoms. The standard InChI is InChI=1S/C22H19ClN4O4/c1-29-16-8-9-19(30-2)17(12-16)24-20(28)13-27-10-4-7-18(27)22-25-21(26-31-22)14-5-3-6-15(23)11-14/h3-12H,13H2,1-2H3,(H,24,28). The van der Waals surface area contributed by atoms with Crippen LogP contribution in [0.1, 0.15) is 0 Å². The lowest BCUT2D eigenvalue weighted by Crippen LogP contribution is -2.19. The van der Waals surface area contributed by atoms with E-state index < -0.39 is 0 Å². The second kappa shape index (κ2) is 8.93. The van der Waals surface area contributed by atoms with E-state index in [-0.39, 0.29) is 12.5 Å². The van der Waals surface area contributed by atoms with Crippen LogP contribution < -0.4 is 14.8 Å². The van der Waals surface area contributed by atoms with Crippen LogP contribution in [0.15, 0.2) is 65.3 Å². The lowest BCUT2D eigenvalue weighted by Gasteiger charge is -2.12. The number of aromatic nitrogens is 3. The van der Waals surface area contributed by atoms with Gasteiger partial charge in [-0.15, -0.1) is 0 Å². The van der Waals surface area contributed by atoms with Gasteiger partial charge in [-0.2, -0.15) is 4.98 Å². The van der Waals surface area contributed by atoms with E-state index in [1.165, 1.54) is 7.11 Å². The van der Waals surface area contributed by atoms with Gasteiger partial charge in [0.2, 0.25) is 11.7 Å². The Bertz CT molecular complexity index is 1220. The van der Waals surface area contributed by atoms with Crippen LogP contribution in [-0.4, -0.2) is 34.8 Å². The molecule has 0 aliphatic heterocycles. The highest BCUT2D eigenvalue weighted by molar-refractivity contribution is 6.30. The number of hydrogen-bond donors (Lipinski definition) is 1. The van der Waals surface area contributed by atoms with Crippen LogP contribution >= 0.6 is 11.6 Å². The summed E-state index contributed by atoms with van der Waals surface area (Å²) in [7, 11) is 3.09. The molecule has 0 saturated carbocycles. The number of carbonyl (C=O) groups excluding carboxylic acids is 1. The minimum absolute atomic E-state index is 0.0393. The Balaban J connectivity index is 1.53. The summed E-state index contributed by atoms with van der Waals surface area (Å²) in [5, 5.41) is 7.45. The van der Waals surface area contributed by atoms with Crippen molar-refractivity contribution in [3.63, 3.8) is 0 Å². The fourth-order valence-electron chi connectivity index (χ4n) is 3.07. The normalized spacial score (nSPS) is 10.7. The third-order valence-corrected chi connectivity index (χ3v) is 4.79. The maximum atomic E-state index is 12.7. The van der Waals surface area contributed by atoms with Crippen LogP contribution in [0.25, 0.3) is 23.0 Å². The molecule has 1 N–H and O–H groups in total. The van der Waals surface area contributed by atoms with E-state index in [0.29, 0.717) is 39.6 Å². The summed E-state index contributed by atoms with van der Waals surface area (Å²) in [6, 6.07) is 16.0. The maximum absolute atomic E-state index is 12.7. The van der Waals surface area contributed by atoms with Crippen LogP contribution in [0.4, 0.5) is 5.69 Å². The molecule has 31 heavy (non-hydrogen) atoms. The largest absolute Gasteiger partial charge is 0.497 e. The van der Waals surface area contributed by atoms with Crippen molar-refractivity contribution in [3.8, 4) is 34.5 Å². The molecule has 4 rings (SSSR count). The van der Waals surface area contributed by atoms with E-state index in [2.05, 4.69) is 15.5 Å². The zero-order chi connectivity index (χ0) is 21.8. The van der Waals surface area contributed by atoms with Gasteiger partial charge in [-0.3, -0.25) is 4.79 Å². The molecular weight excluding hydrogens is 420 g/mol. The first-order valence-corrected chi connectivity index (χ1v) is 9.72. The summed E-state index contributed by atoms with van der Waals surface area (Å²) in [4.78, 5) is 17.1. The number of rotatable bonds is 7. The van der Waals surface area contributed by atoms with E-state index in [4.69, 9.17) is 25.6 Å². The number of hydrogen-bond acceptors (Lipinski definition) is 6. The van der Waals surface area contributed by atoms with Crippen LogP contribution in [0, 0.1) is 0 Å². The zero-order valence-electron chi connectivity index (χ0n) is 16.8. The van der Waals surface area contributed by atoms with Crippen molar-refractivity contribution in [1.82, 2.24) is 14.7 Å². The number of nitrogens with zero attached hydrogens (tertiary/aromatic N) is 3. The van der Waals surface area contributed by atoms with Gasteiger partial charge in [0.15, 0.2) is 0 Å². The number of ether oxygens (including phenoxy) is 2. The fourth-order valence-corrected chi connectivity index (χ4v) is 3.26. The monoisotopic (exact) mass is 438 g/mol. The number of amides is 1. The Hall–Kier alpha value is -3.78. The van der Waals surface area contributed by atoms with E-state index in [0.717, 1.165) is 5.56 Å². The van der Waals surface area contributed by atoms with E-state index in [1.807, 2.05) is 12.1 Å². The van der Waals surface area contributed by atoms with E-state index in [9.17, 15) is 4.79 Å². The fraction of sp³-hybridized carbons (Fsp3) is 0.136. The maximum Gasteiger partial charge on any atom is 0.274 e. The molecule has 0 bridgehead atoms. The van der Waals surface area contributed by atoms with Crippen LogP contribution in [0.3, 0.4) is 0 Å². The number of methoxy groups -OCH3 is 2. The van der Waals surface area contributed by atoms with Crippen molar-refractivity contribution in [1.29, 1.82) is 0 Å². The average molecular weight is 439 g/mol. The molecule has 1 amide bonds. The van der Waals surface area contributed by atoms with Gasteiger partial charge < -0.3 is 23.9 Å². The Morgan fingerprint density at radius 3 is 2.77 bits per heavy atom. The van der Waals surface area contributed by atoms with Gasteiger partial charge in [0, 0.05) is 22.8 Å². The highest BCUT2D eigenvalue weighted by atomic mass is 35.5. The smallest absolute Gasteiger partial charge is 0.274 e.